The van der Waals surface area contributed by atoms with Crippen LogP contribution in [0.5, 0.6) is 5.75 Å². The fraction of sp³-hybridized carbons (Fsp3) is 0.571. The Labute approximate surface area is 91.5 Å². The molecular formula is C14H18O. The lowest BCUT2D eigenvalue weighted by Crippen LogP contribution is -2.37. The summed E-state index contributed by atoms with van der Waals surface area (Å²) in [5, 5.41) is 0. The first-order valence-corrected chi connectivity index (χ1v) is 6.07. The highest BCUT2D eigenvalue weighted by atomic mass is 16.5. The van der Waals surface area contributed by atoms with Gasteiger partial charge in [0.1, 0.15) is 11.4 Å². The molecule has 0 bridgehead atoms. The molecule has 0 aromatic heterocycles. The average Bonchev–Trinajstić information content (AvgIpc) is 2.66. The molecular weight excluding hydrogens is 184 g/mol. The number of hydrogen-bond acceptors (Lipinski definition) is 1. The van der Waals surface area contributed by atoms with Crippen molar-refractivity contribution >= 4 is 0 Å². The lowest BCUT2D eigenvalue weighted by Gasteiger charge is -2.38. The second-order valence-electron chi connectivity index (χ2n) is 5.14. The van der Waals surface area contributed by atoms with Gasteiger partial charge in [-0.1, -0.05) is 25.1 Å². The van der Waals surface area contributed by atoms with Crippen molar-refractivity contribution in [1.82, 2.24) is 0 Å². The molecule has 0 amide bonds. The van der Waals surface area contributed by atoms with Crippen molar-refractivity contribution in [2.24, 2.45) is 0 Å². The molecule has 0 unspecified atom stereocenters. The van der Waals surface area contributed by atoms with Crippen LogP contribution >= 0.6 is 0 Å². The predicted octanol–water partition coefficient (Wildman–Crippen LogP) is 3.89. The zero-order valence-corrected chi connectivity index (χ0v) is 9.33. The van der Waals surface area contributed by atoms with Crippen molar-refractivity contribution in [3.8, 4) is 5.75 Å². The van der Waals surface area contributed by atoms with Gasteiger partial charge in [-0.15, -0.1) is 0 Å². The molecule has 1 atom stereocenters. The van der Waals surface area contributed by atoms with Crippen LogP contribution in [-0.4, -0.2) is 5.60 Å². The van der Waals surface area contributed by atoms with Crippen LogP contribution in [0.3, 0.4) is 0 Å². The third-order valence-electron chi connectivity index (χ3n) is 3.97. The molecule has 0 saturated heterocycles. The van der Waals surface area contributed by atoms with E-state index in [0.717, 1.165) is 5.75 Å². The van der Waals surface area contributed by atoms with Gasteiger partial charge >= 0.3 is 0 Å². The van der Waals surface area contributed by atoms with Crippen LogP contribution in [0.25, 0.3) is 0 Å². The normalized spacial score (nSPS) is 27.4. The Kier molecular flexibility index (Phi) is 2.01. The second-order valence-corrected chi connectivity index (χ2v) is 5.14. The second kappa shape index (κ2) is 3.26. The summed E-state index contributed by atoms with van der Waals surface area (Å²) in [7, 11) is 0. The monoisotopic (exact) mass is 202 g/mol. The number of ether oxygens (including phenoxy) is 1. The minimum atomic E-state index is 0.188. The Morgan fingerprint density at radius 2 is 1.93 bits per heavy atom. The third-order valence-corrected chi connectivity index (χ3v) is 3.97. The average molecular weight is 202 g/mol. The van der Waals surface area contributed by atoms with Crippen LogP contribution in [0.15, 0.2) is 24.3 Å². The summed E-state index contributed by atoms with van der Waals surface area (Å²) in [6, 6.07) is 8.54. The minimum Gasteiger partial charge on any atom is -0.487 e. The molecule has 1 saturated carbocycles. The molecule has 1 fully saturated rings. The maximum absolute atomic E-state index is 6.25. The van der Waals surface area contributed by atoms with Gasteiger partial charge in [0.15, 0.2) is 0 Å². The fourth-order valence-corrected chi connectivity index (χ4v) is 3.25. The maximum Gasteiger partial charge on any atom is 0.123 e. The molecule has 3 rings (SSSR count). The lowest BCUT2D eigenvalue weighted by molar-refractivity contribution is 0.0442. The van der Waals surface area contributed by atoms with E-state index in [4.69, 9.17) is 4.74 Å². The van der Waals surface area contributed by atoms with E-state index in [0.29, 0.717) is 5.92 Å². The highest BCUT2D eigenvalue weighted by Crippen LogP contribution is 2.47. The largest absolute Gasteiger partial charge is 0.487 e. The van der Waals surface area contributed by atoms with E-state index in [2.05, 4.69) is 31.2 Å². The molecule has 1 heterocycles. The molecule has 80 valence electrons. The first-order valence-electron chi connectivity index (χ1n) is 6.07. The van der Waals surface area contributed by atoms with Crippen molar-refractivity contribution < 1.29 is 4.74 Å². The summed E-state index contributed by atoms with van der Waals surface area (Å²) in [6.45, 7) is 2.33. The molecule has 0 radical (unpaired) electrons. The smallest absolute Gasteiger partial charge is 0.123 e. The Morgan fingerprint density at radius 1 is 1.20 bits per heavy atom. The van der Waals surface area contributed by atoms with Gasteiger partial charge in [0, 0.05) is 0 Å². The van der Waals surface area contributed by atoms with E-state index in [1.165, 1.54) is 37.7 Å². The summed E-state index contributed by atoms with van der Waals surface area (Å²) in [5.41, 5.74) is 1.59. The standard InChI is InChI=1S/C14H18O/c1-11-10-14(8-4-5-9-14)15-13-7-3-2-6-12(11)13/h2-3,6-7,11H,4-5,8-10H2,1H3/t11-/m0/s1. The number of para-hydroxylation sites is 1. The number of rotatable bonds is 0. The summed E-state index contributed by atoms with van der Waals surface area (Å²) in [5.74, 6) is 1.80. The summed E-state index contributed by atoms with van der Waals surface area (Å²) in [6.07, 6.45) is 6.41. The number of benzene rings is 1. The van der Waals surface area contributed by atoms with E-state index in [9.17, 15) is 0 Å². The van der Waals surface area contributed by atoms with Crippen LogP contribution in [-0.2, 0) is 0 Å². The Balaban J connectivity index is 1.98. The van der Waals surface area contributed by atoms with Crippen LogP contribution in [0.1, 0.15) is 50.5 Å². The van der Waals surface area contributed by atoms with Crippen LogP contribution < -0.4 is 4.74 Å². The van der Waals surface area contributed by atoms with Crippen LogP contribution in [0.2, 0.25) is 0 Å². The van der Waals surface area contributed by atoms with Crippen molar-refractivity contribution in [3.63, 3.8) is 0 Å². The highest BCUT2D eigenvalue weighted by molar-refractivity contribution is 5.39. The molecule has 1 spiro atoms. The van der Waals surface area contributed by atoms with Crippen LogP contribution in [0.4, 0.5) is 0 Å². The van der Waals surface area contributed by atoms with Gasteiger partial charge < -0.3 is 4.74 Å². The lowest BCUT2D eigenvalue weighted by atomic mass is 9.83. The molecule has 15 heavy (non-hydrogen) atoms. The van der Waals surface area contributed by atoms with Crippen molar-refractivity contribution in [3.05, 3.63) is 29.8 Å². The molecule has 1 aromatic rings. The Bertz CT molecular complexity index is 363. The topological polar surface area (TPSA) is 9.23 Å². The van der Waals surface area contributed by atoms with Gasteiger partial charge in [-0.05, 0) is 49.7 Å². The van der Waals surface area contributed by atoms with Crippen LogP contribution in [0, 0.1) is 0 Å². The predicted molar refractivity (Wildman–Crippen MR) is 61.3 cm³/mol. The van der Waals surface area contributed by atoms with E-state index in [1.54, 1.807) is 0 Å². The van der Waals surface area contributed by atoms with Gasteiger partial charge in [0.05, 0.1) is 0 Å². The molecule has 1 aromatic carbocycles. The van der Waals surface area contributed by atoms with E-state index in [-0.39, 0.29) is 5.60 Å². The Morgan fingerprint density at radius 3 is 2.73 bits per heavy atom. The van der Waals surface area contributed by atoms with Gasteiger partial charge in [-0.2, -0.15) is 0 Å². The Hall–Kier alpha value is -0.980. The van der Waals surface area contributed by atoms with Crippen molar-refractivity contribution in [2.75, 3.05) is 0 Å². The van der Waals surface area contributed by atoms with Crippen molar-refractivity contribution in [1.29, 1.82) is 0 Å². The molecule has 1 aliphatic heterocycles. The number of fused-ring (bicyclic) bond motifs is 1. The van der Waals surface area contributed by atoms with Gasteiger partial charge in [0.25, 0.3) is 0 Å². The number of hydrogen-bond donors (Lipinski definition) is 0. The quantitative estimate of drug-likeness (QED) is 0.620. The molecule has 0 N–H and O–H groups in total. The molecule has 1 aliphatic carbocycles. The van der Waals surface area contributed by atoms with Gasteiger partial charge in [-0.3, -0.25) is 0 Å². The molecule has 2 aliphatic rings. The molecule has 1 heteroatoms. The summed E-state index contributed by atoms with van der Waals surface area (Å²) >= 11 is 0. The van der Waals surface area contributed by atoms with E-state index in [1.807, 2.05) is 0 Å². The minimum absolute atomic E-state index is 0.188. The third kappa shape index (κ3) is 1.45. The van der Waals surface area contributed by atoms with E-state index < -0.39 is 0 Å². The summed E-state index contributed by atoms with van der Waals surface area (Å²) < 4.78 is 6.25. The SMILES string of the molecule is C[C@H]1CC2(CCCC2)Oc2ccccc21. The maximum atomic E-state index is 6.25. The fourth-order valence-electron chi connectivity index (χ4n) is 3.25. The molecule has 1 nitrogen and oxygen atoms in total. The summed E-state index contributed by atoms with van der Waals surface area (Å²) in [4.78, 5) is 0. The first kappa shape index (κ1) is 9.26. The van der Waals surface area contributed by atoms with Gasteiger partial charge in [0.2, 0.25) is 0 Å². The van der Waals surface area contributed by atoms with E-state index >= 15 is 0 Å². The first-order chi connectivity index (χ1) is 7.29. The van der Waals surface area contributed by atoms with Crippen molar-refractivity contribution in [2.45, 2.75) is 50.5 Å². The highest BCUT2D eigenvalue weighted by Gasteiger charge is 2.41. The van der Waals surface area contributed by atoms with Gasteiger partial charge in [-0.25, -0.2) is 0 Å². The zero-order chi connectivity index (χ0) is 10.3. The zero-order valence-electron chi connectivity index (χ0n) is 9.33.